The van der Waals surface area contributed by atoms with Crippen molar-refractivity contribution in [1.82, 2.24) is 4.90 Å². The largest absolute Gasteiger partial charge is 0.369 e. The van der Waals surface area contributed by atoms with Gasteiger partial charge in [0.05, 0.1) is 5.70 Å². The van der Waals surface area contributed by atoms with E-state index in [1.165, 1.54) is 18.4 Å². The van der Waals surface area contributed by atoms with E-state index in [-0.39, 0.29) is 0 Å². The van der Waals surface area contributed by atoms with E-state index in [2.05, 4.69) is 43.0 Å². The van der Waals surface area contributed by atoms with E-state index in [1.54, 1.807) is 0 Å². The van der Waals surface area contributed by atoms with Crippen LogP contribution in [0.5, 0.6) is 0 Å². The smallest absolute Gasteiger partial charge is 0.166 e. The summed E-state index contributed by atoms with van der Waals surface area (Å²) in [5.41, 5.74) is 3.15. The summed E-state index contributed by atoms with van der Waals surface area (Å²) in [7, 11) is 0. The maximum atomic E-state index is 11.3. The van der Waals surface area contributed by atoms with E-state index >= 15 is 0 Å². The van der Waals surface area contributed by atoms with E-state index < -0.39 is 0 Å². The molecule has 0 aromatic heterocycles. The molecule has 0 bridgehead atoms. The Kier molecular flexibility index (Phi) is 4.19. The van der Waals surface area contributed by atoms with Crippen LogP contribution in [0.2, 0.25) is 0 Å². The molecule has 96 valence electrons. The zero-order chi connectivity index (χ0) is 13.0. The second-order valence-electron chi connectivity index (χ2n) is 5.29. The molecule has 1 heterocycles. The molecule has 1 unspecified atom stereocenters. The first-order chi connectivity index (χ1) is 8.69. The molecule has 1 aromatic rings. The van der Waals surface area contributed by atoms with Crippen LogP contribution >= 0.6 is 0 Å². The Bertz CT molecular complexity index is 433. The molecule has 18 heavy (non-hydrogen) atoms. The lowest BCUT2D eigenvalue weighted by Gasteiger charge is -2.32. The van der Waals surface area contributed by atoms with Crippen molar-refractivity contribution in [3.05, 3.63) is 41.1 Å². The Morgan fingerprint density at radius 2 is 2.06 bits per heavy atom. The van der Waals surface area contributed by atoms with Crippen molar-refractivity contribution < 1.29 is 4.79 Å². The Morgan fingerprint density at radius 1 is 1.33 bits per heavy atom. The van der Waals surface area contributed by atoms with Gasteiger partial charge >= 0.3 is 0 Å². The highest BCUT2D eigenvalue weighted by atomic mass is 16.1. The number of carbonyl (C=O) groups is 1. The monoisotopic (exact) mass is 243 g/mol. The highest BCUT2D eigenvalue weighted by Gasteiger charge is 2.17. The zero-order valence-corrected chi connectivity index (χ0v) is 11.2. The van der Waals surface area contributed by atoms with Crippen LogP contribution in [-0.4, -0.2) is 24.3 Å². The summed E-state index contributed by atoms with van der Waals surface area (Å²) in [6, 6.07) is 8.28. The number of allylic oxidation sites excluding steroid dienone is 1. The van der Waals surface area contributed by atoms with Gasteiger partial charge in [0.15, 0.2) is 6.29 Å². The third-order valence-electron chi connectivity index (χ3n) is 3.53. The van der Waals surface area contributed by atoms with Gasteiger partial charge in [0.25, 0.3) is 0 Å². The first-order valence-corrected chi connectivity index (χ1v) is 6.67. The van der Waals surface area contributed by atoms with Gasteiger partial charge in [-0.3, -0.25) is 4.79 Å². The molecule has 1 saturated heterocycles. The predicted molar refractivity (Wildman–Crippen MR) is 75.2 cm³/mol. The molecular weight excluding hydrogens is 222 g/mol. The minimum Gasteiger partial charge on any atom is -0.369 e. The molecule has 0 radical (unpaired) electrons. The van der Waals surface area contributed by atoms with Crippen molar-refractivity contribution in [3.8, 4) is 0 Å². The fraction of sp³-hybridized carbons (Fsp3) is 0.438. The number of piperidine rings is 1. The second-order valence-corrected chi connectivity index (χ2v) is 5.29. The average molecular weight is 243 g/mol. The molecule has 0 N–H and O–H groups in total. The van der Waals surface area contributed by atoms with Crippen LogP contribution in [0.1, 0.15) is 30.9 Å². The maximum absolute atomic E-state index is 11.3. The SMILES string of the molecule is Cc1ccc(C=C(C=O)N2CCCC(C)C2)cc1. The van der Waals surface area contributed by atoms with E-state index in [1.807, 2.05) is 6.08 Å². The number of hydrogen-bond donors (Lipinski definition) is 0. The second kappa shape index (κ2) is 5.85. The number of aldehydes is 1. The first kappa shape index (κ1) is 12.9. The molecule has 0 spiro atoms. The minimum atomic E-state index is 0.681. The van der Waals surface area contributed by atoms with Crippen LogP contribution in [0.4, 0.5) is 0 Å². The summed E-state index contributed by atoms with van der Waals surface area (Å²) in [6.07, 6.45) is 5.43. The number of carbonyl (C=O) groups excluding carboxylic acids is 1. The molecule has 0 amide bonds. The number of rotatable bonds is 3. The van der Waals surface area contributed by atoms with Gasteiger partial charge in [-0.15, -0.1) is 0 Å². The van der Waals surface area contributed by atoms with Gasteiger partial charge in [0.1, 0.15) is 0 Å². The van der Waals surface area contributed by atoms with E-state index in [0.717, 1.165) is 30.6 Å². The number of nitrogens with zero attached hydrogens (tertiary/aromatic N) is 1. The zero-order valence-electron chi connectivity index (χ0n) is 11.2. The molecular formula is C16H21NO. The number of benzene rings is 1. The normalized spacial score (nSPS) is 20.9. The fourth-order valence-corrected chi connectivity index (χ4v) is 2.46. The summed E-state index contributed by atoms with van der Waals surface area (Å²) in [6.45, 7) is 6.32. The number of hydrogen-bond acceptors (Lipinski definition) is 2. The van der Waals surface area contributed by atoms with Crippen molar-refractivity contribution in [2.24, 2.45) is 5.92 Å². The number of likely N-dealkylation sites (tertiary alicyclic amines) is 1. The van der Waals surface area contributed by atoms with Gasteiger partial charge < -0.3 is 4.90 Å². The number of aryl methyl sites for hydroxylation is 1. The lowest BCUT2D eigenvalue weighted by Crippen LogP contribution is -2.34. The van der Waals surface area contributed by atoms with Crippen LogP contribution < -0.4 is 0 Å². The van der Waals surface area contributed by atoms with Crippen LogP contribution in [0.15, 0.2) is 30.0 Å². The molecule has 2 heteroatoms. The predicted octanol–water partition coefficient (Wildman–Crippen LogP) is 3.27. The molecule has 2 rings (SSSR count). The molecule has 1 aliphatic rings. The highest BCUT2D eigenvalue weighted by Crippen LogP contribution is 2.20. The quantitative estimate of drug-likeness (QED) is 0.600. The van der Waals surface area contributed by atoms with E-state index in [9.17, 15) is 4.79 Å². The van der Waals surface area contributed by atoms with Crippen LogP contribution in [-0.2, 0) is 4.79 Å². The van der Waals surface area contributed by atoms with Gasteiger partial charge in [-0.05, 0) is 37.3 Å². The van der Waals surface area contributed by atoms with Crippen molar-refractivity contribution in [2.45, 2.75) is 26.7 Å². The topological polar surface area (TPSA) is 20.3 Å². The third-order valence-corrected chi connectivity index (χ3v) is 3.53. The summed E-state index contributed by atoms with van der Waals surface area (Å²) in [4.78, 5) is 13.5. The molecule has 1 aromatic carbocycles. The van der Waals surface area contributed by atoms with E-state index in [0.29, 0.717) is 5.92 Å². The molecule has 2 nitrogen and oxygen atoms in total. The Labute approximate surface area is 109 Å². The van der Waals surface area contributed by atoms with Gasteiger partial charge in [-0.25, -0.2) is 0 Å². The standard InChI is InChI=1S/C16H21NO/c1-13-5-7-15(8-6-13)10-16(12-18)17-9-3-4-14(2)11-17/h5-8,10,12,14H,3-4,9,11H2,1-2H3. The summed E-state index contributed by atoms with van der Waals surface area (Å²) in [5, 5.41) is 0. The Hall–Kier alpha value is -1.57. The molecule has 0 saturated carbocycles. The Morgan fingerprint density at radius 3 is 2.67 bits per heavy atom. The highest BCUT2D eigenvalue weighted by molar-refractivity contribution is 5.80. The molecule has 0 aliphatic carbocycles. The van der Waals surface area contributed by atoms with Crippen molar-refractivity contribution in [3.63, 3.8) is 0 Å². The van der Waals surface area contributed by atoms with Crippen molar-refractivity contribution in [2.75, 3.05) is 13.1 Å². The first-order valence-electron chi connectivity index (χ1n) is 6.67. The fourth-order valence-electron chi connectivity index (χ4n) is 2.46. The van der Waals surface area contributed by atoms with Crippen molar-refractivity contribution in [1.29, 1.82) is 0 Å². The molecule has 1 aliphatic heterocycles. The van der Waals surface area contributed by atoms with Gasteiger partial charge in [0, 0.05) is 13.1 Å². The third kappa shape index (κ3) is 3.22. The average Bonchev–Trinajstić information content (AvgIpc) is 2.38. The van der Waals surface area contributed by atoms with Crippen LogP contribution in [0.25, 0.3) is 6.08 Å². The van der Waals surface area contributed by atoms with Crippen LogP contribution in [0, 0.1) is 12.8 Å². The summed E-state index contributed by atoms with van der Waals surface area (Å²) >= 11 is 0. The van der Waals surface area contributed by atoms with Gasteiger partial charge in [-0.2, -0.15) is 0 Å². The lowest BCUT2D eigenvalue weighted by molar-refractivity contribution is -0.106. The van der Waals surface area contributed by atoms with Crippen molar-refractivity contribution >= 4 is 12.4 Å². The van der Waals surface area contributed by atoms with Gasteiger partial charge in [-0.1, -0.05) is 36.8 Å². The summed E-state index contributed by atoms with van der Waals surface area (Å²) < 4.78 is 0. The molecule has 1 atom stereocenters. The Balaban J connectivity index is 2.16. The maximum Gasteiger partial charge on any atom is 0.166 e. The van der Waals surface area contributed by atoms with Gasteiger partial charge in [0.2, 0.25) is 0 Å². The molecule has 1 fully saturated rings. The lowest BCUT2D eigenvalue weighted by atomic mass is 9.99. The van der Waals surface area contributed by atoms with E-state index in [4.69, 9.17) is 0 Å². The minimum absolute atomic E-state index is 0.681. The summed E-state index contributed by atoms with van der Waals surface area (Å²) in [5.74, 6) is 0.681. The van der Waals surface area contributed by atoms with Crippen LogP contribution in [0.3, 0.4) is 0 Å².